The van der Waals surface area contributed by atoms with E-state index in [-0.39, 0.29) is 5.82 Å². The average molecular weight is 218 g/mol. The van der Waals surface area contributed by atoms with E-state index in [0.29, 0.717) is 22.7 Å². The van der Waals surface area contributed by atoms with Gasteiger partial charge in [0, 0.05) is 17.1 Å². The van der Waals surface area contributed by atoms with Crippen LogP contribution < -0.4 is 5.32 Å². The summed E-state index contributed by atoms with van der Waals surface area (Å²) < 4.78 is 13.2. The van der Waals surface area contributed by atoms with Gasteiger partial charge in [-0.3, -0.25) is 0 Å². The summed E-state index contributed by atoms with van der Waals surface area (Å²) in [7, 11) is 1.72. The van der Waals surface area contributed by atoms with E-state index in [0.717, 1.165) is 0 Å². The standard InChI is InChI=1S/C10H13ClFNO/c1-6-8(11)3-7(4-9(6)12)10(14)5-13-2/h3-4,10,13-14H,5H2,1-2H3. The van der Waals surface area contributed by atoms with Gasteiger partial charge in [0.2, 0.25) is 0 Å². The summed E-state index contributed by atoms with van der Waals surface area (Å²) in [4.78, 5) is 0. The fourth-order valence-electron chi connectivity index (χ4n) is 1.17. The maximum Gasteiger partial charge on any atom is 0.127 e. The van der Waals surface area contributed by atoms with Crippen LogP contribution in [0, 0.1) is 12.7 Å². The zero-order chi connectivity index (χ0) is 10.7. The van der Waals surface area contributed by atoms with Crippen LogP contribution in [-0.4, -0.2) is 18.7 Å². The van der Waals surface area contributed by atoms with Gasteiger partial charge in [0.25, 0.3) is 0 Å². The number of hydrogen-bond acceptors (Lipinski definition) is 2. The molecule has 1 aromatic carbocycles. The van der Waals surface area contributed by atoms with E-state index in [1.807, 2.05) is 0 Å². The molecule has 0 saturated heterocycles. The molecular formula is C10H13ClFNO. The van der Waals surface area contributed by atoms with Gasteiger partial charge in [0.05, 0.1) is 6.10 Å². The lowest BCUT2D eigenvalue weighted by molar-refractivity contribution is 0.177. The number of hydrogen-bond donors (Lipinski definition) is 2. The van der Waals surface area contributed by atoms with Crippen molar-refractivity contribution in [3.05, 3.63) is 34.1 Å². The van der Waals surface area contributed by atoms with Crippen molar-refractivity contribution in [1.29, 1.82) is 0 Å². The van der Waals surface area contributed by atoms with E-state index >= 15 is 0 Å². The third kappa shape index (κ3) is 2.44. The molecule has 0 bridgehead atoms. The lowest BCUT2D eigenvalue weighted by atomic mass is 10.1. The Labute approximate surface area is 87.7 Å². The largest absolute Gasteiger partial charge is 0.387 e. The third-order valence-electron chi connectivity index (χ3n) is 2.09. The summed E-state index contributed by atoms with van der Waals surface area (Å²) in [6.07, 6.45) is -0.729. The zero-order valence-corrected chi connectivity index (χ0v) is 8.90. The molecule has 0 aliphatic heterocycles. The van der Waals surface area contributed by atoms with Crippen molar-refractivity contribution < 1.29 is 9.50 Å². The van der Waals surface area contributed by atoms with Crippen LogP contribution in [0.15, 0.2) is 12.1 Å². The Hall–Kier alpha value is -0.640. The Kier molecular flexibility index (Phi) is 3.86. The second-order valence-corrected chi connectivity index (χ2v) is 3.59. The number of rotatable bonds is 3. The lowest BCUT2D eigenvalue weighted by Gasteiger charge is -2.12. The molecule has 4 heteroatoms. The van der Waals surface area contributed by atoms with Crippen LogP contribution in [0.3, 0.4) is 0 Å². The first kappa shape index (κ1) is 11.4. The molecule has 0 spiro atoms. The molecule has 2 nitrogen and oxygen atoms in total. The summed E-state index contributed by atoms with van der Waals surface area (Å²) in [5.41, 5.74) is 0.902. The van der Waals surface area contributed by atoms with E-state index in [1.54, 1.807) is 20.0 Å². The molecule has 1 aromatic rings. The molecular weight excluding hydrogens is 205 g/mol. The van der Waals surface area contributed by atoms with Crippen molar-refractivity contribution in [3.8, 4) is 0 Å². The molecule has 14 heavy (non-hydrogen) atoms. The smallest absolute Gasteiger partial charge is 0.127 e. The molecule has 0 aliphatic carbocycles. The maximum atomic E-state index is 13.2. The summed E-state index contributed by atoms with van der Waals surface area (Å²) in [5.74, 6) is -0.386. The van der Waals surface area contributed by atoms with Crippen molar-refractivity contribution in [1.82, 2.24) is 5.32 Å². The average Bonchev–Trinajstić information content (AvgIpc) is 2.13. The van der Waals surface area contributed by atoms with Gasteiger partial charge in [-0.25, -0.2) is 4.39 Å². The number of nitrogens with one attached hydrogen (secondary N) is 1. The van der Waals surface area contributed by atoms with Gasteiger partial charge in [0.15, 0.2) is 0 Å². The first-order chi connectivity index (χ1) is 6.56. The molecule has 0 aliphatic rings. The summed E-state index contributed by atoms with van der Waals surface area (Å²) in [5, 5.41) is 12.7. The zero-order valence-electron chi connectivity index (χ0n) is 8.14. The topological polar surface area (TPSA) is 32.3 Å². The van der Waals surface area contributed by atoms with Crippen LogP contribution >= 0.6 is 11.6 Å². The number of aliphatic hydroxyl groups is 1. The molecule has 0 fully saturated rings. The highest BCUT2D eigenvalue weighted by molar-refractivity contribution is 6.31. The Bertz CT molecular complexity index is 307. The quantitative estimate of drug-likeness (QED) is 0.812. The van der Waals surface area contributed by atoms with Gasteiger partial charge >= 0.3 is 0 Å². The van der Waals surface area contributed by atoms with E-state index in [2.05, 4.69) is 5.32 Å². The van der Waals surface area contributed by atoms with E-state index in [1.165, 1.54) is 6.07 Å². The number of benzene rings is 1. The Morgan fingerprint density at radius 3 is 2.71 bits per heavy atom. The molecule has 2 N–H and O–H groups in total. The minimum atomic E-state index is -0.729. The monoisotopic (exact) mass is 217 g/mol. The number of aliphatic hydroxyl groups excluding tert-OH is 1. The van der Waals surface area contributed by atoms with Gasteiger partial charge in [-0.2, -0.15) is 0 Å². The molecule has 1 unspecified atom stereocenters. The predicted octanol–water partition coefficient (Wildman–Crippen LogP) is 2.04. The number of likely N-dealkylation sites (N-methyl/N-ethyl adjacent to an activating group) is 1. The van der Waals surface area contributed by atoms with Gasteiger partial charge in [-0.15, -0.1) is 0 Å². The van der Waals surface area contributed by atoms with Crippen molar-refractivity contribution in [2.24, 2.45) is 0 Å². The molecule has 1 atom stereocenters. The first-order valence-electron chi connectivity index (χ1n) is 4.34. The normalized spacial score (nSPS) is 12.9. The predicted molar refractivity (Wildman–Crippen MR) is 55.0 cm³/mol. The molecule has 78 valence electrons. The first-order valence-corrected chi connectivity index (χ1v) is 4.72. The van der Waals surface area contributed by atoms with Gasteiger partial charge in [0.1, 0.15) is 5.82 Å². The van der Waals surface area contributed by atoms with Crippen LogP contribution in [0.4, 0.5) is 4.39 Å². The van der Waals surface area contributed by atoms with Crippen LogP contribution in [-0.2, 0) is 0 Å². The van der Waals surface area contributed by atoms with E-state index in [4.69, 9.17) is 11.6 Å². The number of halogens is 2. The highest BCUT2D eigenvalue weighted by Gasteiger charge is 2.11. The molecule has 0 amide bonds. The van der Waals surface area contributed by atoms with Crippen LogP contribution in [0.1, 0.15) is 17.2 Å². The Morgan fingerprint density at radius 1 is 1.57 bits per heavy atom. The van der Waals surface area contributed by atoms with E-state index < -0.39 is 6.10 Å². The van der Waals surface area contributed by atoms with Crippen LogP contribution in [0.5, 0.6) is 0 Å². The second-order valence-electron chi connectivity index (χ2n) is 3.18. The molecule has 0 heterocycles. The molecule has 0 radical (unpaired) electrons. The maximum absolute atomic E-state index is 13.2. The van der Waals surface area contributed by atoms with Crippen molar-refractivity contribution in [3.63, 3.8) is 0 Å². The minimum absolute atomic E-state index is 0.343. The van der Waals surface area contributed by atoms with E-state index in [9.17, 15) is 9.50 Å². The Balaban J connectivity index is 3.00. The van der Waals surface area contributed by atoms with Gasteiger partial charge in [-0.1, -0.05) is 11.6 Å². The van der Waals surface area contributed by atoms with Crippen LogP contribution in [0.25, 0.3) is 0 Å². The SMILES string of the molecule is CNCC(O)c1cc(F)c(C)c(Cl)c1. The van der Waals surface area contributed by atoms with Gasteiger partial charge in [-0.05, 0) is 31.7 Å². The second kappa shape index (κ2) is 4.73. The molecule has 0 saturated carbocycles. The lowest BCUT2D eigenvalue weighted by Crippen LogP contribution is -2.16. The van der Waals surface area contributed by atoms with Crippen molar-refractivity contribution in [2.75, 3.05) is 13.6 Å². The van der Waals surface area contributed by atoms with Gasteiger partial charge < -0.3 is 10.4 Å². The van der Waals surface area contributed by atoms with Crippen molar-refractivity contribution in [2.45, 2.75) is 13.0 Å². The van der Waals surface area contributed by atoms with Crippen molar-refractivity contribution >= 4 is 11.6 Å². The highest BCUT2D eigenvalue weighted by atomic mass is 35.5. The highest BCUT2D eigenvalue weighted by Crippen LogP contribution is 2.23. The summed E-state index contributed by atoms with van der Waals surface area (Å²) >= 11 is 5.79. The fourth-order valence-corrected chi connectivity index (χ4v) is 1.38. The van der Waals surface area contributed by atoms with Crippen LogP contribution in [0.2, 0.25) is 5.02 Å². The molecule has 1 rings (SSSR count). The minimum Gasteiger partial charge on any atom is -0.387 e. The Morgan fingerprint density at radius 2 is 2.21 bits per heavy atom. The molecule has 0 aromatic heterocycles. The summed E-state index contributed by atoms with van der Waals surface area (Å²) in [6, 6.07) is 2.89. The summed E-state index contributed by atoms with van der Waals surface area (Å²) in [6.45, 7) is 1.98. The third-order valence-corrected chi connectivity index (χ3v) is 2.48. The fraction of sp³-hybridized carbons (Fsp3) is 0.400.